The predicted octanol–water partition coefficient (Wildman–Crippen LogP) is 2.64. The molecule has 114 valence electrons. The summed E-state index contributed by atoms with van der Waals surface area (Å²) in [6, 6.07) is 4.39. The molecule has 1 saturated heterocycles. The van der Waals surface area contributed by atoms with Crippen molar-refractivity contribution in [2.75, 3.05) is 11.4 Å². The molecule has 2 unspecified atom stereocenters. The van der Waals surface area contributed by atoms with E-state index in [2.05, 4.69) is 10.1 Å². The van der Waals surface area contributed by atoms with E-state index in [9.17, 15) is 0 Å². The number of aryl methyl sites for hydroxylation is 1. The summed E-state index contributed by atoms with van der Waals surface area (Å²) in [6.45, 7) is 3.01. The van der Waals surface area contributed by atoms with Gasteiger partial charge in [0.05, 0.1) is 5.56 Å². The Labute approximate surface area is 125 Å². The van der Waals surface area contributed by atoms with Crippen molar-refractivity contribution in [2.24, 2.45) is 16.8 Å². The molecule has 1 aromatic rings. The number of piperidine rings is 1. The molecule has 2 heterocycles. The highest BCUT2D eigenvalue weighted by atomic mass is 16.4. The van der Waals surface area contributed by atoms with Crippen LogP contribution in [-0.2, 0) is 0 Å². The van der Waals surface area contributed by atoms with Crippen molar-refractivity contribution in [2.45, 2.75) is 51.5 Å². The van der Waals surface area contributed by atoms with Gasteiger partial charge >= 0.3 is 0 Å². The standard InChI is InChI=1S/C16H24N4O/c1-11-8-9-13(15(17)19-21)16(18-11)20-10-4-6-12-5-2-3-7-14(12)20/h8-9,12,14,21H,2-7,10H2,1H3,(H2,17,19). The van der Waals surface area contributed by atoms with Gasteiger partial charge in [-0.3, -0.25) is 0 Å². The number of aromatic nitrogens is 1. The van der Waals surface area contributed by atoms with Crippen molar-refractivity contribution in [1.29, 1.82) is 0 Å². The normalized spacial score (nSPS) is 26.5. The molecule has 0 amide bonds. The van der Waals surface area contributed by atoms with Crippen molar-refractivity contribution in [3.05, 3.63) is 23.4 Å². The molecule has 2 fully saturated rings. The molecule has 2 atom stereocenters. The van der Waals surface area contributed by atoms with E-state index >= 15 is 0 Å². The number of rotatable bonds is 2. The van der Waals surface area contributed by atoms with Gasteiger partial charge < -0.3 is 15.8 Å². The van der Waals surface area contributed by atoms with Crippen LogP contribution >= 0.6 is 0 Å². The Morgan fingerprint density at radius 1 is 1.29 bits per heavy atom. The highest BCUT2D eigenvalue weighted by Gasteiger charge is 2.35. The van der Waals surface area contributed by atoms with Crippen molar-refractivity contribution < 1.29 is 5.21 Å². The molecule has 1 aliphatic carbocycles. The molecule has 0 spiro atoms. The minimum atomic E-state index is 0.149. The topological polar surface area (TPSA) is 74.7 Å². The molecule has 1 saturated carbocycles. The maximum atomic E-state index is 9.03. The second-order valence-corrected chi connectivity index (χ2v) is 6.26. The summed E-state index contributed by atoms with van der Waals surface area (Å²) in [5, 5.41) is 12.2. The number of amidine groups is 1. The smallest absolute Gasteiger partial charge is 0.173 e. The lowest BCUT2D eigenvalue weighted by Crippen LogP contribution is -2.48. The summed E-state index contributed by atoms with van der Waals surface area (Å²) >= 11 is 0. The van der Waals surface area contributed by atoms with E-state index in [-0.39, 0.29) is 5.84 Å². The molecule has 3 rings (SSSR count). The zero-order valence-electron chi connectivity index (χ0n) is 12.6. The molecular formula is C16H24N4O. The Morgan fingerprint density at radius 3 is 2.86 bits per heavy atom. The quantitative estimate of drug-likeness (QED) is 0.380. The number of anilines is 1. The lowest BCUT2D eigenvalue weighted by atomic mass is 9.78. The Kier molecular flexibility index (Phi) is 3.99. The molecule has 0 aromatic carbocycles. The van der Waals surface area contributed by atoms with Crippen LogP contribution in [-0.4, -0.2) is 28.6 Å². The first kappa shape index (κ1) is 14.2. The first-order valence-electron chi connectivity index (χ1n) is 7.93. The van der Waals surface area contributed by atoms with Crippen LogP contribution in [0, 0.1) is 12.8 Å². The van der Waals surface area contributed by atoms with E-state index in [0.29, 0.717) is 6.04 Å². The van der Waals surface area contributed by atoms with Gasteiger partial charge in [-0.05, 0) is 50.7 Å². The van der Waals surface area contributed by atoms with Crippen LogP contribution < -0.4 is 10.6 Å². The molecule has 3 N–H and O–H groups in total. The van der Waals surface area contributed by atoms with Gasteiger partial charge in [-0.25, -0.2) is 4.98 Å². The van der Waals surface area contributed by atoms with Gasteiger partial charge in [-0.1, -0.05) is 18.0 Å². The largest absolute Gasteiger partial charge is 0.409 e. The van der Waals surface area contributed by atoms with Crippen molar-refractivity contribution in [3.8, 4) is 0 Å². The fourth-order valence-electron chi connectivity index (χ4n) is 3.90. The lowest BCUT2D eigenvalue weighted by molar-refractivity contribution is 0.242. The van der Waals surface area contributed by atoms with Crippen LogP contribution in [0.4, 0.5) is 5.82 Å². The summed E-state index contributed by atoms with van der Waals surface area (Å²) in [4.78, 5) is 7.12. The number of hydrogen-bond donors (Lipinski definition) is 2. The molecule has 5 nitrogen and oxygen atoms in total. The summed E-state index contributed by atoms with van der Waals surface area (Å²) in [5.41, 5.74) is 7.57. The average Bonchev–Trinajstić information content (AvgIpc) is 2.53. The third-order valence-electron chi connectivity index (χ3n) is 4.91. The van der Waals surface area contributed by atoms with Gasteiger partial charge in [0.25, 0.3) is 0 Å². The van der Waals surface area contributed by atoms with Crippen LogP contribution in [0.15, 0.2) is 17.3 Å². The van der Waals surface area contributed by atoms with Crippen LogP contribution in [0.5, 0.6) is 0 Å². The minimum absolute atomic E-state index is 0.149. The van der Waals surface area contributed by atoms with Crippen LogP contribution in [0.3, 0.4) is 0 Å². The Balaban J connectivity index is 1.99. The maximum Gasteiger partial charge on any atom is 0.173 e. The fraction of sp³-hybridized carbons (Fsp3) is 0.625. The number of fused-ring (bicyclic) bond motifs is 1. The van der Waals surface area contributed by atoms with E-state index in [4.69, 9.17) is 15.9 Å². The Bertz CT molecular complexity index is 541. The first-order chi connectivity index (χ1) is 10.2. The molecule has 2 aliphatic rings. The lowest BCUT2D eigenvalue weighted by Gasteiger charge is -2.45. The third-order valence-corrected chi connectivity index (χ3v) is 4.91. The van der Waals surface area contributed by atoms with E-state index in [1.54, 1.807) is 0 Å². The van der Waals surface area contributed by atoms with Gasteiger partial charge in [-0.2, -0.15) is 0 Å². The number of nitrogens with zero attached hydrogens (tertiary/aromatic N) is 3. The highest BCUT2D eigenvalue weighted by Crippen LogP contribution is 2.38. The second-order valence-electron chi connectivity index (χ2n) is 6.26. The number of nitrogens with two attached hydrogens (primary N) is 1. The van der Waals surface area contributed by atoms with Gasteiger partial charge in [0.15, 0.2) is 5.84 Å². The summed E-state index contributed by atoms with van der Waals surface area (Å²) in [5.74, 6) is 1.81. The second kappa shape index (κ2) is 5.92. The first-order valence-corrected chi connectivity index (χ1v) is 7.93. The van der Waals surface area contributed by atoms with Gasteiger partial charge in [0, 0.05) is 18.3 Å². The van der Waals surface area contributed by atoms with Crippen molar-refractivity contribution >= 4 is 11.7 Å². The molecule has 21 heavy (non-hydrogen) atoms. The van der Waals surface area contributed by atoms with E-state index < -0.39 is 0 Å². The monoisotopic (exact) mass is 288 g/mol. The molecular weight excluding hydrogens is 264 g/mol. The van der Waals surface area contributed by atoms with Crippen molar-refractivity contribution in [3.63, 3.8) is 0 Å². The molecule has 5 heteroatoms. The SMILES string of the molecule is Cc1ccc(C(N)=NO)c(N2CCCC3CCCCC32)n1. The molecule has 1 aliphatic heterocycles. The average molecular weight is 288 g/mol. The zero-order chi connectivity index (χ0) is 14.8. The minimum Gasteiger partial charge on any atom is -0.409 e. The van der Waals surface area contributed by atoms with Crippen molar-refractivity contribution in [1.82, 2.24) is 4.98 Å². The highest BCUT2D eigenvalue weighted by molar-refractivity contribution is 6.01. The van der Waals surface area contributed by atoms with E-state index in [1.807, 2.05) is 19.1 Å². The molecule has 1 aromatic heterocycles. The fourth-order valence-corrected chi connectivity index (χ4v) is 3.90. The zero-order valence-corrected chi connectivity index (χ0v) is 12.6. The third kappa shape index (κ3) is 2.69. The summed E-state index contributed by atoms with van der Waals surface area (Å²) < 4.78 is 0. The molecule has 0 radical (unpaired) electrons. The van der Waals surface area contributed by atoms with Gasteiger partial charge in [0.2, 0.25) is 0 Å². The van der Waals surface area contributed by atoms with E-state index in [1.165, 1.54) is 38.5 Å². The number of oxime groups is 1. The maximum absolute atomic E-state index is 9.03. The number of pyridine rings is 1. The number of hydrogen-bond acceptors (Lipinski definition) is 4. The van der Waals surface area contributed by atoms with Gasteiger partial charge in [0.1, 0.15) is 5.82 Å². The summed E-state index contributed by atoms with van der Waals surface area (Å²) in [7, 11) is 0. The Hall–Kier alpha value is -1.78. The van der Waals surface area contributed by atoms with E-state index in [0.717, 1.165) is 29.5 Å². The van der Waals surface area contributed by atoms with Gasteiger partial charge in [-0.15, -0.1) is 0 Å². The predicted molar refractivity (Wildman–Crippen MR) is 83.8 cm³/mol. The molecule has 0 bridgehead atoms. The Morgan fingerprint density at radius 2 is 2.05 bits per heavy atom. The summed E-state index contributed by atoms with van der Waals surface area (Å²) in [6.07, 6.45) is 7.73. The van der Waals surface area contributed by atoms with Crippen LogP contribution in [0.1, 0.15) is 49.8 Å². The van der Waals surface area contributed by atoms with Crippen LogP contribution in [0.25, 0.3) is 0 Å². The van der Waals surface area contributed by atoms with Crippen LogP contribution in [0.2, 0.25) is 0 Å².